The van der Waals surface area contributed by atoms with Crippen LogP contribution >= 0.6 is 11.8 Å². The molecule has 0 radical (unpaired) electrons. The van der Waals surface area contributed by atoms with Crippen LogP contribution in [0.2, 0.25) is 0 Å². The van der Waals surface area contributed by atoms with Crippen LogP contribution in [0.3, 0.4) is 0 Å². The van der Waals surface area contributed by atoms with Crippen molar-refractivity contribution in [1.82, 2.24) is 15.0 Å². The van der Waals surface area contributed by atoms with Crippen molar-refractivity contribution in [3.8, 4) is 0 Å². The molecule has 31 heavy (non-hydrogen) atoms. The average molecular weight is 444 g/mol. The number of hydrogen-bond acceptors (Lipinski definition) is 8. The van der Waals surface area contributed by atoms with Crippen molar-refractivity contribution in [3.05, 3.63) is 78.1 Å². The molecule has 2 aromatic carbocycles. The molecule has 1 aromatic heterocycles. The molecule has 3 aromatic rings. The quantitative estimate of drug-likeness (QED) is 0.480. The van der Waals surface area contributed by atoms with Crippen LogP contribution in [0.5, 0.6) is 0 Å². The van der Waals surface area contributed by atoms with E-state index in [1.807, 2.05) is 60.7 Å². The summed E-state index contributed by atoms with van der Waals surface area (Å²) in [6.07, 6.45) is -2.30. The number of aromatic nitrogens is 3. The lowest BCUT2D eigenvalue weighted by molar-refractivity contribution is -0.223. The Hall–Kier alpha value is -2.27. The fourth-order valence-corrected chi connectivity index (χ4v) is 4.49. The Kier molecular flexibility index (Phi) is 7.33. The fourth-order valence-electron chi connectivity index (χ4n) is 3.41. The summed E-state index contributed by atoms with van der Waals surface area (Å²) in [6, 6.07) is 19.4. The SMILES string of the molecule is OC[C@H]1O[C@@H](Sc2ccccc2)[C@H](O)[C@@H](OCc2cn(Cc3ccccc3)nn2)[C@H]1O. The highest BCUT2D eigenvalue weighted by atomic mass is 32.2. The van der Waals surface area contributed by atoms with Crippen LogP contribution in [-0.2, 0) is 22.6 Å². The minimum absolute atomic E-state index is 0.0639. The monoisotopic (exact) mass is 443 g/mol. The summed E-state index contributed by atoms with van der Waals surface area (Å²) in [5.74, 6) is 0. The molecule has 4 rings (SSSR count). The molecular formula is C22H25N3O5S. The van der Waals surface area contributed by atoms with E-state index >= 15 is 0 Å². The van der Waals surface area contributed by atoms with E-state index in [4.69, 9.17) is 9.47 Å². The normalized spacial score (nSPS) is 26.1. The van der Waals surface area contributed by atoms with Crippen LogP contribution < -0.4 is 0 Å². The number of ether oxygens (including phenoxy) is 2. The van der Waals surface area contributed by atoms with Gasteiger partial charge in [-0.3, -0.25) is 0 Å². The van der Waals surface area contributed by atoms with Gasteiger partial charge in [0.2, 0.25) is 0 Å². The van der Waals surface area contributed by atoms with Gasteiger partial charge >= 0.3 is 0 Å². The zero-order chi connectivity index (χ0) is 21.6. The second kappa shape index (κ2) is 10.4. The van der Waals surface area contributed by atoms with Gasteiger partial charge in [0.1, 0.15) is 35.5 Å². The number of hydrogen-bond donors (Lipinski definition) is 3. The van der Waals surface area contributed by atoms with Gasteiger partial charge in [0, 0.05) is 4.90 Å². The summed E-state index contributed by atoms with van der Waals surface area (Å²) in [6.45, 7) is 0.264. The van der Waals surface area contributed by atoms with Crippen LogP contribution in [0.25, 0.3) is 0 Å². The molecule has 1 saturated heterocycles. The molecule has 0 aliphatic carbocycles. The van der Waals surface area contributed by atoms with Crippen molar-refractivity contribution in [1.29, 1.82) is 0 Å². The molecule has 0 unspecified atom stereocenters. The highest BCUT2D eigenvalue weighted by molar-refractivity contribution is 7.99. The largest absolute Gasteiger partial charge is 0.394 e. The number of benzene rings is 2. The Balaban J connectivity index is 1.40. The Morgan fingerprint density at radius 3 is 2.42 bits per heavy atom. The third kappa shape index (κ3) is 5.51. The zero-order valence-corrected chi connectivity index (χ0v) is 17.6. The first-order valence-corrected chi connectivity index (χ1v) is 10.9. The van der Waals surface area contributed by atoms with Crippen LogP contribution in [0.1, 0.15) is 11.3 Å². The lowest BCUT2D eigenvalue weighted by atomic mass is 10.00. The molecule has 5 atom stereocenters. The molecule has 0 spiro atoms. The van der Waals surface area contributed by atoms with Gasteiger partial charge in [-0.1, -0.05) is 65.5 Å². The predicted octanol–water partition coefficient (Wildman–Crippen LogP) is 1.44. The van der Waals surface area contributed by atoms with Gasteiger partial charge in [-0.25, -0.2) is 4.68 Å². The maximum atomic E-state index is 10.8. The van der Waals surface area contributed by atoms with Crippen molar-refractivity contribution in [2.45, 2.75) is 47.9 Å². The van der Waals surface area contributed by atoms with Gasteiger partial charge in [-0.15, -0.1) is 5.10 Å². The summed E-state index contributed by atoms with van der Waals surface area (Å²) in [5, 5.41) is 39.2. The molecule has 1 aliphatic rings. The zero-order valence-electron chi connectivity index (χ0n) is 16.8. The minimum Gasteiger partial charge on any atom is -0.394 e. The summed E-state index contributed by atoms with van der Waals surface area (Å²) < 4.78 is 13.3. The number of thioether (sulfide) groups is 1. The number of rotatable bonds is 8. The highest BCUT2D eigenvalue weighted by Crippen LogP contribution is 2.34. The van der Waals surface area contributed by atoms with Gasteiger partial charge in [-0.2, -0.15) is 0 Å². The topological polar surface area (TPSA) is 110 Å². The minimum atomic E-state index is -1.17. The van der Waals surface area contributed by atoms with Crippen molar-refractivity contribution in [2.75, 3.05) is 6.61 Å². The average Bonchev–Trinajstić information content (AvgIpc) is 3.24. The van der Waals surface area contributed by atoms with Crippen LogP contribution in [0.15, 0.2) is 71.8 Å². The lowest BCUT2D eigenvalue weighted by Gasteiger charge is -2.41. The summed E-state index contributed by atoms with van der Waals surface area (Å²) in [4.78, 5) is 0.905. The van der Waals surface area contributed by atoms with E-state index < -0.39 is 29.9 Å². The Bertz CT molecular complexity index is 943. The third-order valence-electron chi connectivity index (χ3n) is 5.01. The van der Waals surface area contributed by atoms with E-state index in [1.165, 1.54) is 11.8 Å². The van der Waals surface area contributed by atoms with E-state index in [-0.39, 0.29) is 13.2 Å². The molecule has 3 N–H and O–H groups in total. The number of nitrogens with zero attached hydrogens (tertiary/aromatic N) is 3. The molecule has 0 bridgehead atoms. The summed E-state index contributed by atoms with van der Waals surface area (Å²) in [7, 11) is 0. The van der Waals surface area contributed by atoms with Gasteiger partial charge in [0.15, 0.2) is 0 Å². The molecular weight excluding hydrogens is 418 g/mol. The Morgan fingerprint density at radius 1 is 1.00 bits per heavy atom. The van der Waals surface area contributed by atoms with E-state index in [0.29, 0.717) is 12.2 Å². The fraction of sp³-hybridized carbons (Fsp3) is 0.364. The molecule has 0 saturated carbocycles. The van der Waals surface area contributed by atoms with E-state index in [1.54, 1.807) is 10.9 Å². The second-order valence-corrected chi connectivity index (χ2v) is 8.48. The first-order chi connectivity index (χ1) is 15.1. The Labute approximate surface area is 184 Å². The van der Waals surface area contributed by atoms with Crippen LogP contribution in [0, 0.1) is 0 Å². The van der Waals surface area contributed by atoms with Crippen LogP contribution in [0.4, 0.5) is 0 Å². The molecule has 8 nitrogen and oxygen atoms in total. The maximum Gasteiger partial charge on any atom is 0.136 e. The van der Waals surface area contributed by atoms with Crippen molar-refractivity contribution in [2.24, 2.45) is 0 Å². The molecule has 0 amide bonds. The highest BCUT2D eigenvalue weighted by Gasteiger charge is 2.45. The lowest BCUT2D eigenvalue weighted by Crippen LogP contribution is -2.58. The molecule has 9 heteroatoms. The van der Waals surface area contributed by atoms with Gasteiger partial charge in [0.25, 0.3) is 0 Å². The second-order valence-electron chi connectivity index (χ2n) is 7.31. The van der Waals surface area contributed by atoms with E-state index in [0.717, 1.165) is 10.5 Å². The molecule has 164 valence electrons. The van der Waals surface area contributed by atoms with E-state index in [2.05, 4.69) is 10.3 Å². The maximum absolute atomic E-state index is 10.8. The first-order valence-electron chi connectivity index (χ1n) is 10.0. The Morgan fingerprint density at radius 2 is 1.71 bits per heavy atom. The van der Waals surface area contributed by atoms with Gasteiger partial charge < -0.3 is 24.8 Å². The van der Waals surface area contributed by atoms with Gasteiger partial charge in [-0.05, 0) is 17.7 Å². The van der Waals surface area contributed by atoms with Crippen molar-refractivity contribution >= 4 is 11.8 Å². The predicted molar refractivity (Wildman–Crippen MR) is 114 cm³/mol. The standard InChI is InChI=1S/C22H25N3O5S/c26-13-18-19(27)21(20(28)22(30-18)31-17-9-5-2-6-10-17)29-14-16-12-25(24-23-16)11-15-7-3-1-4-8-15/h1-10,12,18-22,26-28H,11,13-14H2/t18-,19+,20-,21+,22+/m1/s1. The molecule has 1 fully saturated rings. The summed E-state index contributed by atoms with van der Waals surface area (Å²) >= 11 is 1.32. The third-order valence-corrected chi connectivity index (χ3v) is 6.18. The van der Waals surface area contributed by atoms with Gasteiger partial charge in [0.05, 0.1) is 26.0 Å². The summed E-state index contributed by atoms with van der Waals surface area (Å²) in [5.41, 5.74) is 0.984. The van der Waals surface area contributed by atoms with Crippen molar-refractivity contribution < 1.29 is 24.8 Å². The van der Waals surface area contributed by atoms with Crippen LogP contribution in [-0.4, -0.2) is 66.8 Å². The van der Waals surface area contributed by atoms with Crippen molar-refractivity contribution in [3.63, 3.8) is 0 Å². The van der Waals surface area contributed by atoms with E-state index in [9.17, 15) is 15.3 Å². The molecule has 1 aliphatic heterocycles. The first kappa shape index (κ1) is 21.9. The smallest absolute Gasteiger partial charge is 0.136 e. The molecule has 2 heterocycles. The number of aliphatic hydroxyl groups is 3. The number of aliphatic hydroxyl groups excluding tert-OH is 3.